The summed E-state index contributed by atoms with van der Waals surface area (Å²) >= 11 is 3.18. The summed E-state index contributed by atoms with van der Waals surface area (Å²) in [7, 11) is 0. The van der Waals surface area contributed by atoms with Gasteiger partial charge in [-0.2, -0.15) is 0 Å². The first kappa shape index (κ1) is 10.9. The first-order valence-corrected chi connectivity index (χ1v) is 5.50. The molecule has 0 fully saturated rings. The minimum absolute atomic E-state index is 0.175. The number of pyridine rings is 2. The number of nitrogens with zero attached hydrogens (tertiary/aromatic N) is 2. The number of anilines is 1. The summed E-state index contributed by atoms with van der Waals surface area (Å²) in [5, 5.41) is 0. The van der Waals surface area contributed by atoms with E-state index in [1.807, 2.05) is 16.7 Å². The molecule has 2 aromatic heterocycles. The summed E-state index contributed by atoms with van der Waals surface area (Å²) in [6, 6.07) is 3.84. The van der Waals surface area contributed by atoms with Crippen LogP contribution in [0.4, 0.5) is 5.69 Å². The van der Waals surface area contributed by atoms with Crippen LogP contribution in [-0.2, 0) is 6.54 Å². The minimum atomic E-state index is -0.175. The third-order valence-corrected chi connectivity index (χ3v) is 2.74. The molecule has 0 aromatic carbocycles. The van der Waals surface area contributed by atoms with Gasteiger partial charge < -0.3 is 10.3 Å². The van der Waals surface area contributed by atoms with E-state index in [0.717, 1.165) is 5.56 Å². The molecule has 5 heteroatoms. The van der Waals surface area contributed by atoms with E-state index in [-0.39, 0.29) is 11.1 Å². The Kier molecular flexibility index (Phi) is 3.05. The maximum Gasteiger partial charge on any atom is 0.218 e. The van der Waals surface area contributed by atoms with E-state index >= 15 is 0 Å². The first-order chi connectivity index (χ1) is 7.66. The van der Waals surface area contributed by atoms with Crippen molar-refractivity contribution in [2.75, 3.05) is 5.73 Å². The molecule has 16 heavy (non-hydrogen) atoms. The van der Waals surface area contributed by atoms with Crippen LogP contribution in [0.1, 0.15) is 5.56 Å². The quantitative estimate of drug-likeness (QED) is 0.909. The average Bonchev–Trinajstić information content (AvgIpc) is 2.27. The first-order valence-electron chi connectivity index (χ1n) is 4.71. The molecule has 2 heterocycles. The summed E-state index contributed by atoms with van der Waals surface area (Å²) in [6.07, 6.45) is 6.82. The minimum Gasteiger partial charge on any atom is -0.394 e. The van der Waals surface area contributed by atoms with Crippen LogP contribution in [0.2, 0.25) is 0 Å². The second-order valence-corrected chi connectivity index (χ2v) is 4.27. The highest BCUT2D eigenvalue weighted by Gasteiger charge is 2.02. The van der Waals surface area contributed by atoms with Crippen LogP contribution in [0.5, 0.6) is 0 Å². The van der Waals surface area contributed by atoms with E-state index in [1.54, 1.807) is 24.8 Å². The molecule has 0 saturated heterocycles. The molecule has 0 saturated carbocycles. The average molecular weight is 280 g/mol. The zero-order valence-corrected chi connectivity index (χ0v) is 10.0. The van der Waals surface area contributed by atoms with E-state index in [1.165, 1.54) is 0 Å². The van der Waals surface area contributed by atoms with Crippen molar-refractivity contribution >= 4 is 21.6 Å². The van der Waals surface area contributed by atoms with Crippen molar-refractivity contribution < 1.29 is 0 Å². The highest BCUT2D eigenvalue weighted by molar-refractivity contribution is 9.10. The van der Waals surface area contributed by atoms with Crippen molar-refractivity contribution in [2.24, 2.45) is 0 Å². The zero-order chi connectivity index (χ0) is 11.5. The molecule has 0 aliphatic carbocycles. The number of rotatable bonds is 2. The van der Waals surface area contributed by atoms with Crippen molar-refractivity contribution in [1.29, 1.82) is 0 Å². The molecule has 0 aliphatic rings. The van der Waals surface area contributed by atoms with Gasteiger partial charge in [0.25, 0.3) is 0 Å². The molecule has 2 rings (SSSR count). The summed E-state index contributed by atoms with van der Waals surface area (Å²) in [5.41, 5.74) is 6.77. The second kappa shape index (κ2) is 4.49. The number of hydrogen-bond donors (Lipinski definition) is 1. The number of nitrogens with two attached hydrogens (primary N) is 1. The van der Waals surface area contributed by atoms with Crippen LogP contribution in [0.25, 0.3) is 0 Å². The summed E-state index contributed by atoms with van der Waals surface area (Å²) < 4.78 is 2.33. The van der Waals surface area contributed by atoms with Crippen LogP contribution in [0, 0.1) is 0 Å². The van der Waals surface area contributed by atoms with E-state index in [2.05, 4.69) is 20.9 Å². The van der Waals surface area contributed by atoms with Crippen molar-refractivity contribution in [2.45, 2.75) is 6.54 Å². The van der Waals surface area contributed by atoms with Gasteiger partial charge in [-0.25, -0.2) is 0 Å². The van der Waals surface area contributed by atoms with Crippen LogP contribution < -0.4 is 11.2 Å². The Bertz CT molecular complexity index is 525. The van der Waals surface area contributed by atoms with Crippen LogP contribution in [0.15, 0.2) is 46.2 Å². The van der Waals surface area contributed by atoms with Gasteiger partial charge in [-0.15, -0.1) is 0 Å². The van der Waals surface area contributed by atoms with Crippen molar-refractivity contribution in [3.8, 4) is 0 Å². The van der Waals surface area contributed by atoms with Gasteiger partial charge in [-0.05, 0) is 33.6 Å². The largest absolute Gasteiger partial charge is 0.394 e. The molecule has 0 amide bonds. The number of hydrogen-bond acceptors (Lipinski definition) is 3. The molecule has 2 aromatic rings. The fraction of sp³-hybridized carbons (Fsp3) is 0.0909. The lowest BCUT2D eigenvalue weighted by atomic mass is 10.2. The van der Waals surface area contributed by atoms with Gasteiger partial charge in [0.15, 0.2) is 0 Å². The van der Waals surface area contributed by atoms with Gasteiger partial charge >= 0.3 is 0 Å². The molecule has 2 N–H and O–H groups in total. The molecule has 0 unspecified atom stereocenters. The molecule has 4 nitrogen and oxygen atoms in total. The van der Waals surface area contributed by atoms with Gasteiger partial charge in [-0.3, -0.25) is 9.78 Å². The summed E-state index contributed by atoms with van der Waals surface area (Å²) in [4.78, 5) is 15.3. The van der Waals surface area contributed by atoms with Crippen LogP contribution in [-0.4, -0.2) is 9.55 Å². The van der Waals surface area contributed by atoms with Gasteiger partial charge in [0.2, 0.25) is 5.43 Å². The Balaban J connectivity index is 2.33. The lowest BCUT2D eigenvalue weighted by Crippen LogP contribution is -2.13. The molecule has 0 atom stereocenters. The normalized spacial score (nSPS) is 10.3. The molecule has 0 radical (unpaired) electrons. The lowest BCUT2D eigenvalue weighted by Gasteiger charge is -2.07. The Morgan fingerprint density at radius 2 is 2.00 bits per heavy atom. The van der Waals surface area contributed by atoms with Gasteiger partial charge in [0.1, 0.15) is 0 Å². The van der Waals surface area contributed by atoms with E-state index in [9.17, 15) is 4.79 Å². The Morgan fingerprint density at radius 1 is 1.31 bits per heavy atom. The van der Waals surface area contributed by atoms with Gasteiger partial charge in [-0.1, -0.05) is 0 Å². The van der Waals surface area contributed by atoms with Crippen molar-refractivity contribution in [3.05, 3.63) is 57.2 Å². The van der Waals surface area contributed by atoms with Crippen molar-refractivity contribution in [1.82, 2.24) is 9.55 Å². The van der Waals surface area contributed by atoms with Gasteiger partial charge in [0.05, 0.1) is 10.2 Å². The monoisotopic (exact) mass is 279 g/mol. The fourth-order valence-corrected chi connectivity index (χ4v) is 1.90. The van der Waals surface area contributed by atoms with Crippen LogP contribution in [0.3, 0.4) is 0 Å². The molecular weight excluding hydrogens is 270 g/mol. The van der Waals surface area contributed by atoms with Crippen molar-refractivity contribution in [3.63, 3.8) is 0 Å². The molecule has 0 spiro atoms. The SMILES string of the molecule is Nc1cn(Cc2ccncc2)cc(Br)c1=O. The number of aromatic nitrogens is 2. The van der Waals surface area contributed by atoms with Gasteiger partial charge in [0, 0.05) is 31.3 Å². The Morgan fingerprint density at radius 3 is 2.62 bits per heavy atom. The highest BCUT2D eigenvalue weighted by Crippen LogP contribution is 2.08. The lowest BCUT2D eigenvalue weighted by molar-refractivity contribution is 0.786. The zero-order valence-electron chi connectivity index (χ0n) is 8.43. The smallest absolute Gasteiger partial charge is 0.218 e. The second-order valence-electron chi connectivity index (χ2n) is 3.42. The Hall–Kier alpha value is -1.62. The molecular formula is C11H10BrN3O. The molecule has 0 bridgehead atoms. The third kappa shape index (κ3) is 2.30. The van der Waals surface area contributed by atoms with E-state index in [0.29, 0.717) is 11.0 Å². The fourth-order valence-electron chi connectivity index (χ4n) is 1.41. The standard InChI is InChI=1S/C11H10BrN3O/c12-9-6-15(7-10(13)11(9)16)5-8-1-3-14-4-2-8/h1-4,6-7H,5,13H2. The summed E-state index contributed by atoms with van der Waals surface area (Å²) in [6.45, 7) is 0.658. The Labute approximate surface area is 101 Å². The number of nitrogen functional groups attached to an aromatic ring is 1. The predicted molar refractivity (Wildman–Crippen MR) is 66.2 cm³/mol. The van der Waals surface area contributed by atoms with Crippen LogP contribution >= 0.6 is 15.9 Å². The maximum atomic E-state index is 11.4. The van der Waals surface area contributed by atoms with E-state index in [4.69, 9.17) is 5.73 Å². The van der Waals surface area contributed by atoms with E-state index < -0.39 is 0 Å². The molecule has 0 aliphatic heterocycles. The maximum absolute atomic E-state index is 11.4. The summed E-state index contributed by atoms with van der Waals surface area (Å²) in [5.74, 6) is 0. The number of halogens is 1. The molecule has 82 valence electrons. The topological polar surface area (TPSA) is 60.9 Å². The third-order valence-electron chi connectivity index (χ3n) is 2.18. The highest BCUT2D eigenvalue weighted by atomic mass is 79.9. The predicted octanol–water partition coefficient (Wildman–Crippen LogP) is 1.64.